The minimum atomic E-state index is -0.279. The summed E-state index contributed by atoms with van der Waals surface area (Å²) in [6, 6.07) is 7.26. The molecular formula is C15H15N3O3. The molecule has 1 N–H and O–H groups in total. The molecular weight excluding hydrogens is 270 g/mol. The van der Waals surface area contributed by atoms with Crippen molar-refractivity contribution >= 4 is 23.2 Å². The normalized spacial score (nSPS) is 14.5. The number of nitrogens with one attached hydrogen (secondary N) is 1. The molecule has 1 saturated heterocycles. The van der Waals surface area contributed by atoms with Crippen LogP contribution in [0.2, 0.25) is 0 Å². The molecule has 1 aromatic heterocycles. The zero-order valence-corrected chi connectivity index (χ0v) is 11.6. The summed E-state index contributed by atoms with van der Waals surface area (Å²) in [5, 5.41) is 6.37. The number of amides is 2. The molecule has 2 heterocycles. The summed E-state index contributed by atoms with van der Waals surface area (Å²) in [6.45, 7) is 2.40. The van der Waals surface area contributed by atoms with Gasteiger partial charge in [-0.25, -0.2) is 0 Å². The van der Waals surface area contributed by atoms with Crippen molar-refractivity contribution in [1.29, 1.82) is 0 Å². The van der Waals surface area contributed by atoms with Gasteiger partial charge in [0.15, 0.2) is 0 Å². The molecule has 0 unspecified atom stereocenters. The predicted molar refractivity (Wildman–Crippen MR) is 77.2 cm³/mol. The van der Waals surface area contributed by atoms with Gasteiger partial charge in [-0.1, -0.05) is 11.2 Å². The van der Waals surface area contributed by atoms with E-state index in [0.717, 1.165) is 18.7 Å². The average Bonchev–Trinajstić information content (AvgIpc) is 3.07. The Morgan fingerprint density at radius 2 is 2.29 bits per heavy atom. The Hall–Kier alpha value is -2.63. The van der Waals surface area contributed by atoms with Crippen LogP contribution >= 0.6 is 0 Å². The summed E-state index contributed by atoms with van der Waals surface area (Å²) in [6.07, 6.45) is 2.84. The molecule has 6 nitrogen and oxygen atoms in total. The van der Waals surface area contributed by atoms with Gasteiger partial charge in [0.25, 0.3) is 5.91 Å². The van der Waals surface area contributed by atoms with Crippen LogP contribution in [-0.2, 0) is 4.79 Å². The molecule has 0 spiro atoms. The smallest absolute Gasteiger partial charge is 0.260 e. The predicted octanol–water partition coefficient (Wildman–Crippen LogP) is 2.36. The lowest BCUT2D eigenvalue weighted by Crippen LogP contribution is -2.23. The molecule has 1 aliphatic heterocycles. The quantitative estimate of drug-likeness (QED) is 0.939. The molecule has 2 amide bonds. The highest BCUT2D eigenvalue weighted by Crippen LogP contribution is 2.24. The van der Waals surface area contributed by atoms with Gasteiger partial charge < -0.3 is 14.7 Å². The Bertz CT molecular complexity index is 693. The molecule has 108 valence electrons. The van der Waals surface area contributed by atoms with Gasteiger partial charge in [-0.2, -0.15) is 0 Å². The highest BCUT2D eigenvalue weighted by Gasteiger charge is 2.22. The second-order valence-electron chi connectivity index (χ2n) is 4.95. The molecule has 0 radical (unpaired) electrons. The molecule has 3 rings (SSSR count). The van der Waals surface area contributed by atoms with E-state index in [1.807, 2.05) is 12.1 Å². The number of rotatable bonds is 3. The Kier molecular flexibility index (Phi) is 3.43. The fraction of sp³-hybridized carbons (Fsp3) is 0.267. The minimum absolute atomic E-state index is 0.119. The van der Waals surface area contributed by atoms with Crippen LogP contribution in [0, 0.1) is 6.92 Å². The van der Waals surface area contributed by atoms with Crippen LogP contribution in [0.4, 0.5) is 11.4 Å². The van der Waals surface area contributed by atoms with Crippen LogP contribution in [0.3, 0.4) is 0 Å². The van der Waals surface area contributed by atoms with E-state index in [9.17, 15) is 9.59 Å². The van der Waals surface area contributed by atoms with E-state index >= 15 is 0 Å². The standard InChI is InChI=1S/C15H15N3O3/c1-10-13(9-16-21-10)15(20)17-11-4-2-5-12(8-11)18-7-3-6-14(18)19/h2,4-5,8-9H,3,6-7H2,1H3,(H,17,20). The van der Waals surface area contributed by atoms with Gasteiger partial charge in [0.1, 0.15) is 11.3 Å². The molecule has 1 aliphatic rings. The van der Waals surface area contributed by atoms with Crippen LogP contribution < -0.4 is 10.2 Å². The Morgan fingerprint density at radius 1 is 1.43 bits per heavy atom. The number of anilines is 2. The number of hydrogen-bond donors (Lipinski definition) is 1. The molecule has 0 saturated carbocycles. The summed E-state index contributed by atoms with van der Waals surface area (Å²) in [5.74, 6) is 0.311. The fourth-order valence-corrected chi connectivity index (χ4v) is 2.39. The van der Waals surface area contributed by atoms with E-state index in [1.165, 1.54) is 6.20 Å². The number of aryl methyl sites for hydroxylation is 1. The molecule has 2 aromatic rings. The van der Waals surface area contributed by atoms with Gasteiger partial charge in [0, 0.05) is 24.3 Å². The first kappa shape index (κ1) is 13.4. The van der Waals surface area contributed by atoms with Gasteiger partial charge in [0.2, 0.25) is 5.91 Å². The number of carbonyl (C=O) groups is 2. The van der Waals surface area contributed by atoms with Crippen LogP contribution in [0.5, 0.6) is 0 Å². The summed E-state index contributed by atoms with van der Waals surface area (Å²) in [4.78, 5) is 25.6. The van der Waals surface area contributed by atoms with E-state index in [2.05, 4.69) is 10.5 Å². The fourth-order valence-electron chi connectivity index (χ4n) is 2.39. The first-order chi connectivity index (χ1) is 10.1. The van der Waals surface area contributed by atoms with Crippen molar-refractivity contribution in [2.45, 2.75) is 19.8 Å². The third-order valence-corrected chi connectivity index (χ3v) is 3.48. The number of aromatic nitrogens is 1. The lowest BCUT2D eigenvalue weighted by molar-refractivity contribution is -0.117. The average molecular weight is 285 g/mol. The molecule has 21 heavy (non-hydrogen) atoms. The first-order valence-corrected chi connectivity index (χ1v) is 6.78. The van der Waals surface area contributed by atoms with Gasteiger partial charge in [-0.05, 0) is 31.5 Å². The van der Waals surface area contributed by atoms with E-state index in [1.54, 1.807) is 24.0 Å². The third-order valence-electron chi connectivity index (χ3n) is 3.48. The van der Waals surface area contributed by atoms with Crippen LogP contribution in [0.25, 0.3) is 0 Å². The highest BCUT2D eigenvalue weighted by molar-refractivity contribution is 6.05. The van der Waals surface area contributed by atoms with Crippen LogP contribution in [0.15, 0.2) is 35.0 Å². The first-order valence-electron chi connectivity index (χ1n) is 6.78. The summed E-state index contributed by atoms with van der Waals surface area (Å²) >= 11 is 0. The van der Waals surface area contributed by atoms with Gasteiger partial charge in [-0.15, -0.1) is 0 Å². The second kappa shape index (κ2) is 5.40. The molecule has 6 heteroatoms. The zero-order valence-electron chi connectivity index (χ0n) is 11.6. The summed E-state index contributed by atoms with van der Waals surface area (Å²) in [7, 11) is 0. The van der Waals surface area contributed by atoms with E-state index in [0.29, 0.717) is 23.4 Å². The van der Waals surface area contributed by atoms with Crippen molar-refractivity contribution in [3.63, 3.8) is 0 Å². The van der Waals surface area contributed by atoms with Gasteiger partial charge in [-0.3, -0.25) is 9.59 Å². The SMILES string of the molecule is Cc1oncc1C(=O)Nc1cccc(N2CCCC2=O)c1. The van der Waals surface area contributed by atoms with Crippen molar-refractivity contribution in [3.8, 4) is 0 Å². The molecule has 1 fully saturated rings. The minimum Gasteiger partial charge on any atom is -0.361 e. The lowest BCUT2D eigenvalue weighted by Gasteiger charge is -2.16. The molecule has 0 bridgehead atoms. The summed E-state index contributed by atoms with van der Waals surface area (Å²) in [5.41, 5.74) is 1.84. The van der Waals surface area contributed by atoms with E-state index in [4.69, 9.17) is 4.52 Å². The van der Waals surface area contributed by atoms with E-state index in [-0.39, 0.29) is 11.8 Å². The Morgan fingerprint density at radius 3 is 2.95 bits per heavy atom. The van der Waals surface area contributed by atoms with Crippen molar-refractivity contribution in [2.24, 2.45) is 0 Å². The van der Waals surface area contributed by atoms with Crippen molar-refractivity contribution in [3.05, 3.63) is 41.8 Å². The lowest BCUT2D eigenvalue weighted by atomic mass is 10.2. The molecule has 0 aliphatic carbocycles. The van der Waals surface area contributed by atoms with Gasteiger partial charge >= 0.3 is 0 Å². The Labute approximate surface area is 121 Å². The maximum atomic E-state index is 12.1. The van der Waals surface area contributed by atoms with Crippen molar-refractivity contribution in [2.75, 3.05) is 16.8 Å². The maximum Gasteiger partial charge on any atom is 0.260 e. The maximum absolute atomic E-state index is 12.1. The monoisotopic (exact) mass is 285 g/mol. The van der Waals surface area contributed by atoms with Crippen molar-refractivity contribution < 1.29 is 14.1 Å². The van der Waals surface area contributed by atoms with Crippen LogP contribution in [-0.4, -0.2) is 23.5 Å². The number of benzene rings is 1. The number of carbonyl (C=O) groups excluding carboxylic acids is 2. The van der Waals surface area contributed by atoms with Gasteiger partial charge in [0.05, 0.1) is 6.20 Å². The summed E-state index contributed by atoms with van der Waals surface area (Å²) < 4.78 is 4.88. The number of nitrogens with zero attached hydrogens (tertiary/aromatic N) is 2. The zero-order chi connectivity index (χ0) is 14.8. The highest BCUT2D eigenvalue weighted by atomic mass is 16.5. The van der Waals surface area contributed by atoms with Crippen molar-refractivity contribution in [1.82, 2.24) is 5.16 Å². The third kappa shape index (κ3) is 2.65. The molecule has 0 atom stereocenters. The Balaban J connectivity index is 1.79. The second-order valence-corrected chi connectivity index (χ2v) is 4.95. The largest absolute Gasteiger partial charge is 0.361 e. The van der Waals surface area contributed by atoms with Crippen LogP contribution in [0.1, 0.15) is 29.0 Å². The van der Waals surface area contributed by atoms with E-state index < -0.39 is 0 Å². The molecule has 1 aromatic carbocycles. The number of hydrogen-bond acceptors (Lipinski definition) is 4. The topological polar surface area (TPSA) is 75.4 Å².